The van der Waals surface area contributed by atoms with E-state index < -0.39 is 0 Å². The maximum Gasteiger partial charge on any atom is 0.323 e. The maximum absolute atomic E-state index is 5.70. The second kappa shape index (κ2) is 5.84. The predicted octanol–water partition coefficient (Wildman–Crippen LogP) is 1.48. The maximum atomic E-state index is 5.70. The fourth-order valence-electron chi connectivity index (χ4n) is 1.72. The summed E-state index contributed by atoms with van der Waals surface area (Å²) in [5, 5.41) is 0. The molecule has 1 heterocycles. The fraction of sp³-hybridized carbons (Fsp3) is 0.750. The van der Waals surface area contributed by atoms with Gasteiger partial charge in [0.2, 0.25) is 11.9 Å². The summed E-state index contributed by atoms with van der Waals surface area (Å²) in [6, 6.07) is 0.327. The minimum atomic E-state index is 0.223. The number of nitrogen functional groups attached to an aromatic ring is 1. The topological polar surface area (TPSA) is 77.2 Å². The molecule has 1 aromatic heterocycles. The molecule has 0 unspecified atom stereocenters. The van der Waals surface area contributed by atoms with Crippen LogP contribution in [0.3, 0.4) is 0 Å². The van der Waals surface area contributed by atoms with Gasteiger partial charge in [0.05, 0.1) is 6.61 Å². The van der Waals surface area contributed by atoms with Gasteiger partial charge in [-0.3, -0.25) is 0 Å². The molecule has 6 heteroatoms. The quantitative estimate of drug-likeness (QED) is 0.791. The first-order valence-corrected chi connectivity index (χ1v) is 6.62. The summed E-state index contributed by atoms with van der Waals surface area (Å²) in [7, 11) is 0. The minimum absolute atomic E-state index is 0.223. The van der Waals surface area contributed by atoms with Gasteiger partial charge in [0, 0.05) is 13.1 Å². The van der Waals surface area contributed by atoms with E-state index in [-0.39, 0.29) is 5.95 Å². The third kappa shape index (κ3) is 3.45. The first-order chi connectivity index (χ1) is 8.72. The normalized spacial score (nSPS) is 14.6. The Morgan fingerprint density at radius 2 is 2.06 bits per heavy atom. The second-order valence-corrected chi connectivity index (χ2v) is 4.61. The van der Waals surface area contributed by atoms with Crippen molar-refractivity contribution >= 4 is 11.9 Å². The number of nitrogens with two attached hydrogens (primary N) is 1. The molecule has 0 amide bonds. The van der Waals surface area contributed by atoms with Crippen molar-refractivity contribution in [1.82, 2.24) is 15.0 Å². The van der Waals surface area contributed by atoms with Crippen LogP contribution >= 0.6 is 0 Å². The summed E-state index contributed by atoms with van der Waals surface area (Å²) in [6.45, 7) is 6.59. The van der Waals surface area contributed by atoms with Gasteiger partial charge in [-0.1, -0.05) is 6.92 Å². The lowest BCUT2D eigenvalue weighted by Crippen LogP contribution is -2.28. The number of nitrogens with zero attached hydrogens (tertiary/aromatic N) is 4. The molecule has 1 aliphatic rings. The van der Waals surface area contributed by atoms with Crippen molar-refractivity contribution in [3.8, 4) is 6.01 Å². The Morgan fingerprint density at radius 3 is 2.67 bits per heavy atom. The zero-order valence-corrected chi connectivity index (χ0v) is 11.1. The molecule has 0 spiro atoms. The minimum Gasteiger partial charge on any atom is -0.463 e. The van der Waals surface area contributed by atoms with Crippen molar-refractivity contribution in [3.05, 3.63) is 0 Å². The molecule has 1 fully saturated rings. The number of rotatable bonds is 7. The molecule has 1 aromatic rings. The van der Waals surface area contributed by atoms with E-state index in [4.69, 9.17) is 10.5 Å². The van der Waals surface area contributed by atoms with E-state index in [1.54, 1.807) is 0 Å². The molecular weight excluding hydrogens is 230 g/mol. The van der Waals surface area contributed by atoms with E-state index in [1.807, 2.05) is 6.92 Å². The van der Waals surface area contributed by atoms with E-state index in [9.17, 15) is 0 Å². The summed E-state index contributed by atoms with van der Waals surface area (Å²) >= 11 is 0. The van der Waals surface area contributed by atoms with Gasteiger partial charge in [-0.15, -0.1) is 0 Å². The van der Waals surface area contributed by atoms with Crippen LogP contribution in [0, 0.1) is 5.92 Å². The van der Waals surface area contributed by atoms with Crippen LogP contribution in [0.1, 0.15) is 33.1 Å². The van der Waals surface area contributed by atoms with Gasteiger partial charge < -0.3 is 15.4 Å². The molecule has 6 nitrogen and oxygen atoms in total. The standard InChI is InChI=1S/C12H21N5O/c1-3-7-18-12-15-10(13)14-11(16-12)17(4-2)8-9-5-6-9/h9H,3-8H2,1-2H3,(H2,13,14,15,16). The van der Waals surface area contributed by atoms with E-state index in [1.165, 1.54) is 12.8 Å². The van der Waals surface area contributed by atoms with Crippen molar-refractivity contribution < 1.29 is 4.74 Å². The zero-order chi connectivity index (χ0) is 13.0. The molecule has 0 aliphatic heterocycles. The Hall–Kier alpha value is -1.59. The van der Waals surface area contributed by atoms with Crippen molar-refractivity contribution in [3.63, 3.8) is 0 Å². The van der Waals surface area contributed by atoms with Crippen LogP contribution in [-0.4, -0.2) is 34.6 Å². The summed E-state index contributed by atoms with van der Waals surface area (Å²) in [6.07, 6.45) is 3.52. The van der Waals surface area contributed by atoms with Gasteiger partial charge >= 0.3 is 6.01 Å². The SMILES string of the molecule is CCCOc1nc(N)nc(N(CC)CC2CC2)n1. The summed E-state index contributed by atoms with van der Waals surface area (Å²) in [5.41, 5.74) is 5.70. The molecule has 100 valence electrons. The van der Waals surface area contributed by atoms with Crippen LogP contribution in [0.4, 0.5) is 11.9 Å². The van der Waals surface area contributed by atoms with Crippen LogP contribution in [0.15, 0.2) is 0 Å². The van der Waals surface area contributed by atoms with Gasteiger partial charge in [-0.25, -0.2) is 0 Å². The molecule has 0 bridgehead atoms. The fourth-order valence-corrected chi connectivity index (χ4v) is 1.72. The Labute approximate surface area is 108 Å². The molecule has 2 N–H and O–H groups in total. The lowest BCUT2D eigenvalue weighted by molar-refractivity contribution is 0.292. The highest BCUT2D eigenvalue weighted by molar-refractivity contribution is 5.36. The first kappa shape index (κ1) is 12.9. The number of aromatic nitrogens is 3. The molecule has 0 atom stereocenters. The van der Waals surface area contributed by atoms with Crippen molar-refractivity contribution in [2.45, 2.75) is 33.1 Å². The highest BCUT2D eigenvalue weighted by Crippen LogP contribution is 2.30. The third-order valence-electron chi connectivity index (χ3n) is 2.90. The van der Waals surface area contributed by atoms with Crippen molar-refractivity contribution in [2.24, 2.45) is 5.92 Å². The van der Waals surface area contributed by atoms with Crippen LogP contribution in [0.5, 0.6) is 6.01 Å². The number of ether oxygens (including phenoxy) is 1. The lowest BCUT2D eigenvalue weighted by atomic mass is 10.4. The smallest absolute Gasteiger partial charge is 0.323 e. The monoisotopic (exact) mass is 251 g/mol. The summed E-state index contributed by atoms with van der Waals surface area (Å²) < 4.78 is 5.42. The van der Waals surface area contributed by atoms with E-state index >= 15 is 0 Å². The van der Waals surface area contributed by atoms with Crippen LogP contribution in [-0.2, 0) is 0 Å². The molecule has 0 radical (unpaired) electrons. The van der Waals surface area contributed by atoms with E-state index in [0.717, 1.165) is 25.4 Å². The first-order valence-electron chi connectivity index (χ1n) is 6.62. The van der Waals surface area contributed by atoms with Crippen LogP contribution in [0.2, 0.25) is 0 Å². The average Bonchev–Trinajstić information content (AvgIpc) is 3.16. The predicted molar refractivity (Wildman–Crippen MR) is 70.6 cm³/mol. The Kier molecular flexibility index (Phi) is 4.17. The Bertz CT molecular complexity index is 394. The Balaban J connectivity index is 2.10. The Morgan fingerprint density at radius 1 is 1.28 bits per heavy atom. The van der Waals surface area contributed by atoms with Crippen LogP contribution < -0.4 is 15.4 Å². The average molecular weight is 251 g/mol. The molecule has 18 heavy (non-hydrogen) atoms. The van der Waals surface area contributed by atoms with Crippen LogP contribution in [0.25, 0.3) is 0 Å². The molecular formula is C12H21N5O. The van der Waals surface area contributed by atoms with Gasteiger partial charge in [-0.05, 0) is 32.1 Å². The highest BCUT2D eigenvalue weighted by Gasteiger charge is 2.25. The molecule has 0 saturated heterocycles. The summed E-state index contributed by atoms with van der Waals surface area (Å²) in [4.78, 5) is 14.6. The molecule has 1 aliphatic carbocycles. The van der Waals surface area contributed by atoms with E-state index in [2.05, 4.69) is 26.8 Å². The summed E-state index contributed by atoms with van der Waals surface area (Å²) in [5.74, 6) is 1.63. The lowest BCUT2D eigenvalue weighted by Gasteiger charge is -2.20. The van der Waals surface area contributed by atoms with Gasteiger partial charge in [0.1, 0.15) is 0 Å². The van der Waals surface area contributed by atoms with Crippen molar-refractivity contribution in [1.29, 1.82) is 0 Å². The highest BCUT2D eigenvalue weighted by atomic mass is 16.5. The zero-order valence-electron chi connectivity index (χ0n) is 11.1. The largest absolute Gasteiger partial charge is 0.463 e. The van der Waals surface area contributed by atoms with E-state index in [0.29, 0.717) is 18.6 Å². The second-order valence-electron chi connectivity index (χ2n) is 4.61. The van der Waals surface area contributed by atoms with Gasteiger partial charge in [-0.2, -0.15) is 15.0 Å². The molecule has 2 rings (SSSR count). The number of hydrogen-bond donors (Lipinski definition) is 1. The van der Waals surface area contributed by atoms with Gasteiger partial charge in [0.15, 0.2) is 0 Å². The van der Waals surface area contributed by atoms with Crippen molar-refractivity contribution in [2.75, 3.05) is 30.3 Å². The number of anilines is 2. The third-order valence-corrected chi connectivity index (χ3v) is 2.90. The molecule has 0 aromatic carbocycles. The number of hydrogen-bond acceptors (Lipinski definition) is 6. The van der Waals surface area contributed by atoms with Gasteiger partial charge in [0.25, 0.3) is 0 Å². The molecule has 1 saturated carbocycles.